The first-order chi connectivity index (χ1) is 9.22. The Morgan fingerprint density at radius 3 is 1.80 bits per heavy atom. The number of halogens is 5. The molecular weight excluding hydrogens is 552 g/mol. The second kappa shape index (κ2) is 8.06. The number of H-pyrrole nitrogens is 1. The minimum Gasteiger partial charge on any atom is -0.310 e. The van der Waals surface area contributed by atoms with Crippen LogP contribution in [0.1, 0.15) is 11.6 Å². The van der Waals surface area contributed by atoms with Crippen LogP contribution in [0.5, 0.6) is 0 Å². The Bertz CT molecular complexity index is 670. The summed E-state index contributed by atoms with van der Waals surface area (Å²) in [5.41, 5.74) is -0.182. The van der Waals surface area contributed by atoms with Crippen LogP contribution < -0.4 is 5.56 Å². The van der Waals surface area contributed by atoms with Gasteiger partial charge in [-0.3, -0.25) is 4.79 Å². The fraction of sp³-hybridized carbons (Fsp3) is 0.200. The third-order valence-electron chi connectivity index (χ3n) is 1.82. The molecule has 0 fully saturated rings. The van der Waals surface area contributed by atoms with Crippen LogP contribution in [0.2, 0.25) is 15.5 Å². The van der Waals surface area contributed by atoms with Crippen LogP contribution in [-0.4, -0.2) is 19.9 Å². The predicted octanol–water partition coefficient (Wildman–Crippen LogP) is 4.03. The number of hydrogen-bond acceptors (Lipinski definition) is 4. The molecule has 0 amide bonds. The first kappa shape index (κ1) is 18.3. The van der Waals surface area contributed by atoms with Crippen LogP contribution in [0.25, 0.3) is 0 Å². The van der Waals surface area contributed by atoms with Gasteiger partial charge in [0.25, 0.3) is 5.56 Å². The molecule has 0 aliphatic rings. The van der Waals surface area contributed by atoms with E-state index in [2.05, 4.69) is 19.9 Å². The number of hydrogen-bond donors (Lipinski definition) is 1. The summed E-state index contributed by atoms with van der Waals surface area (Å²) < 4.78 is 1.14. The summed E-state index contributed by atoms with van der Waals surface area (Å²) in [7, 11) is 0. The molecule has 0 aromatic carbocycles. The molecule has 0 unspecified atom stereocenters. The van der Waals surface area contributed by atoms with Crippen molar-refractivity contribution >= 4 is 80.0 Å². The van der Waals surface area contributed by atoms with E-state index >= 15 is 0 Å². The van der Waals surface area contributed by atoms with Crippen LogP contribution in [-0.2, 0) is 0 Å². The maximum Gasteiger partial charge on any atom is 0.265 e. The first-order valence-corrected chi connectivity index (χ1v) is 8.28. The highest BCUT2D eigenvalue weighted by Gasteiger charge is 2.05. The zero-order valence-corrected chi connectivity index (χ0v) is 16.7. The Kier molecular flexibility index (Phi) is 7.39. The standard InChI is InChI=1S/C5H3Cl2IN2.C5H4ClIN2O/c1-2-9-4(6)3(8)5(7)10-2;1-2-8-4(6)3(7)5(10)9-2/h1H3;1H3,(H,8,9,10). The van der Waals surface area contributed by atoms with Crippen molar-refractivity contribution in [2.45, 2.75) is 13.8 Å². The number of nitrogens with one attached hydrogen (secondary N) is 1. The van der Waals surface area contributed by atoms with E-state index < -0.39 is 0 Å². The van der Waals surface area contributed by atoms with E-state index in [0.29, 0.717) is 29.1 Å². The van der Waals surface area contributed by atoms with Gasteiger partial charge in [0.15, 0.2) is 0 Å². The van der Waals surface area contributed by atoms with E-state index in [9.17, 15) is 4.79 Å². The van der Waals surface area contributed by atoms with Crippen molar-refractivity contribution < 1.29 is 0 Å². The van der Waals surface area contributed by atoms with E-state index in [1.165, 1.54) is 0 Å². The van der Waals surface area contributed by atoms with Gasteiger partial charge in [-0.15, -0.1) is 0 Å². The van der Waals surface area contributed by atoms with Gasteiger partial charge >= 0.3 is 0 Å². The maximum absolute atomic E-state index is 10.9. The van der Waals surface area contributed by atoms with Gasteiger partial charge in [0.2, 0.25) is 0 Å². The third-order valence-corrected chi connectivity index (χ3v) is 5.62. The van der Waals surface area contributed by atoms with Gasteiger partial charge < -0.3 is 4.98 Å². The molecule has 0 aliphatic carbocycles. The molecule has 20 heavy (non-hydrogen) atoms. The molecule has 1 N–H and O–H groups in total. The summed E-state index contributed by atoms with van der Waals surface area (Å²) in [6, 6.07) is 0. The lowest BCUT2D eigenvalue weighted by Gasteiger charge is -1.97. The summed E-state index contributed by atoms with van der Waals surface area (Å²) in [6.07, 6.45) is 0. The van der Waals surface area contributed by atoms with Crippen molar-refractivity contribution in [3.63, 3.8) is 0 Å². The first-order valence-electron chi connectivity index (χ1n) is 4.99. The van der Waals surface area contributed by atoms with Gasteiger partial charge in [-0.25, -0.2) is 15.0 Å². The van der Waals surface area contributed by atoms with Gasteiger partial charge in [-0.05, 0) is 59.0 Å². The van der Waals surface area contributed by atoms with E-state index in [4.69, 9.17) is 34.8 Å². The lowest BCUT2D eigenvalue weighted by molar-refractivity contribution is 1.01. The minimum absolute atomic E-state index is 0.182. The normalized spacial score (nSPS) is 9.95. The largest absolute Gasteiger partial charge is 0.310 e. The highest BCUT2D eigenvalue weighted by atomic mass is 127. The Hall–Kier alpha value is 0.290. The second-order valence-electron chi connectivity index (χ2n) is 3.42. The average Bonchev–Trinajstić information content (AvgIpc) is 2.33. The Morgan fingerprint density at radius 2 is 1.35 bits per heavy atom. The zero-order valence-electron chi connectivity index (χ0n) is 10.1. The molecule has 108 valence electrons. The highest BCUT2D eigenvalue weighted by Crippen LogP contribution is 2.22. The van der Waals surface area contributed by atoms with Crippen molar-refractivity contribution in [3.8, 4) is 0 Å². The van der Waals surface area contributed by atoms with Gasteiger partial charge in [-0.1, -0.05) is 34.8 Å². The summed E-state index contributed by atoms with van der Waals surface area (Å²) in [5, 5.41) is 1.10. The summed E-state index contributed by atoms with van der Waals surface area (Å²) in [6.45, 7) is 3.43. The minimum atomic E-state index is -0.182. The van der Waals surface area contributed by atoms with E-state index in [1.807, 2.05) is 45.2 Å². The molecule has 0 bridgehead atoms. The Balaban J connectivity index is 0.000000200. The van der Waals surface area contributed by atoms with Crippen LogP contribution in [0.4, 0.5) is 0 Å². The van der Waals surface area contributed by atoms with Gasteiger partial charge in [0.05, 0.1) is 3.57 Å². The second-order valence-corrected chi connectivity index (χ2v) is 6.65. The smallest absolute Gasteiger partial charge is 0.265 e. The van der Waals surface area contributed by atoms with Gasteiger partial charge in [-0.2, -0.15) is 0 Å². The molecule has 0 spiro atoms. The molecule has 0 atom stereocenters. The van der Waals surface area contributed by atoms with E-state index in [0.717, 1.165) is 0 Å². The van der Waals surface area contributed by atoms with Crippen LogP contribution in [0.3, 0.4) is 0 Å². The number of aryl methyl sites for hydroxylation is 2. The predicted molar refractivity (Wildman–Crippen MR) is 96.8 cm³/mol. The van der Waals surface area contributed by atoms with Crippen LogP contribution in [0.15, 0.2) is 4.79 Å². The van der Waals surface area contributed by atoms with Crippen LogP contribution >= 0.6 is 80.0 Å². The molecule has 0 saturated heterocycles. The molecular formula is C10H7Cl3I2N4O. The molecule has 0 saturated carbocycles. The maximum atomic E-state index is 10.9. The molecule has 0 aliphatic heterocycles. The fourth-order valence-electron chi connectivity index (χ4n) is 1.03. The molecule has 2 rings (SSSR count). The lowest BCUT2D eigenvalue weighted by Crippen LogP contribution is -2.12. The molecule has 2 aromatic rings. The lowest BCUT2D eigenvalue weighted by atomic mass is 10.6. The SMILES string of the molecule is Cc1nc(Cl)c(I)c(=O)[nH]1.Cc1nc(Cl)c(I)c(Cl)n1. The zero-order chi connectivity index (χ0) is 15.4. The van der Waals surface area contributed by atoms with Crippen molar-refractivity contribution in [2.75, 3.05) is 0 Å². The molecule has 5 nitrogen and oxygen atoms in total. The van der Waals surface area contributed by atoms with E-state index in [1.54, 1.807) is 13.8 Å². The third kappa shape index (κ3) is 5.24. The van der Waals surface area contributed by atoms with Gasteiger partial charge in [0, 0.05) is 0 Å². The van der Waals surface area contributed by atoms with Crippen molar-refractivity contribution in [2.24, 2.45) is 0 Å². The quantitative estimate of drug-likeness (QED) is 0.391. The van der Waals surface area contributed by atoms with Gasteiger partial charge in [0.1, 0.15) is 30.7 Å². The molecule has 10 heteroatoms. The molecule has 2 aromatic heterocycles. The number of rotatable bonds is 0. The summed E-state index contributed by atoms with van der Waals surface area (Å²) in [4.78, 5) is 25.0. The summed E-state index contributed by atoms with van der Waals surface area (Å²) in [5.74, 6) is 1.13. The van der Waals surface area contributed by atoms with Crippen molar-refractivity contribution in [3.05, 3.63) is 44.6 Å². The highest BCUT2D eigenvalue weighted by molar-refractivity contribution is 14.1. The fourth-order valence-corrected chi connectivity index (χ4v) is 2.21. The van der Waals surface area contributed by atoms with Crippen LogP contribution in [0, 0.1) is 21.0 Å². The monoisotopic (exact) mass is 558 g/mol. The summed E-state index contributed by atoms with van der Waals surface area (Å²) >= 11 is 20.8. The van der Waals surface area contributed by atoms with E-state index in [-0.39, 0.29) is 10.7 Å². The average molecular weight is 559 g/mol. The number of aromatic nitrogens is 4. The number of aromatic amines is 1. The Labute approximate surface area is 157 Å². The molecule has 0 radical (unpaired) electrons. The van der Waals surface area contributed by atoms with Crippen molar-refractivity contribution in [1.82, 2.24) is 19.9 Å². The topological polar surface area (TPSA) is 71.5 Å². The Morgan fingerprint density at radius 1 is 0.900 bits per heavy atom. The molecule has 2 heterocycles. The number of nitrogens with zero attached hydrogens (tertiary/aromatic N) is 3. The van der Waals surface area contributed by atoms with Crippen molar-refractivity contribution in [1.29, 1.82) is 0 Å².